The van der Waals surface area contributed by atoms with Gasteiger partial charge in [-0.1, -0.05) is 38.1 Å². The van der Waals surface area contributed by atoms with Crippen LogP contribution in [0, 0.1) is 5.92 Å². The van der Waals surface area contributed by atoms with Gasteiger partial charge in [-0.3, -0.25) is 0 Å². The van der Waals surface area contributed by atoms with E-state index in [1.54, 1.807) is 11.3 Å². The fraction of sp³-hybridized carbons (Fsp3) is 0.350. The molecule has 1 N–H and O–H groups in total. The van der Waals surface area contributed by atoms with Gasteiger partial charge in [-0.05, 0) is 29.5 Å². The van der Waals surface area contributed by atoms with Crippen LogP contribution in [-0.2, 0) is 17.6 Å². The third-order valence-corrected chi connectivity index (χ3v) is 5.20. The van der Waals surface area contributed by atoms with Gasteiger partial charge in [0.15, 0.2) is 0 Å². The van der Waals surface area contributed by atoms with Gasteiger partial charge in [-0.25, -0.2) is 10.0 Å². The third kappa shape index (κ3) is 4.00. The number of fused-ring (bicyclic) bond motifs is 1. The molecular formula is C20H25N2O2S+. The van der Waals surface area contributed by atoms with Gasteiger partial charge in [-0.2, -0.15) is 0 Å². The topological polar surface area (TPSA) is 41.7 Å². The second-order valence-electron chi connectivity index (χ2n) is 7.43. The van der Waals surface area contributed by atoms with Crippen molar-refractivity contribution in [3.8, 4) is 11.1 Å². The molecule has 0 radical (unpaired) electrons. The van der Waals surface area contributed by atoms with Crippen molar-refractivity contribution in [3.63, 3.8) is 0 Å². The number of rotatable bonds is 5. The summed E-state index contributed by atoms with van der Waals surface area (Å²) in [5, 5.41) is 11.8. The highest BCUT2D eigenvalue weighted by Gasteiger charge is 2.25. The van der Waals surface area contributed by atoms with Crippen molar-refractivity contribution in [3.05, 3.63) is 53.2 Å². The second-order valence-corrected chi connectivity index (χ2v) is 8.32. The summed E-state index contributed by atoms with van der Waals surface area (Å²) < 4.78 is 1.41. The Balaban J connectivity index is 1.91. The highest BCUT2D eigenvalue weighted by atomic mass is 32.1. The summed E-state index contributed by atoms with van der Waals surface area (Å²) in [4.78, 5) is 13.2. The molecule has 3 rings (SSSR count). The molecule has 0 fully saturated rings. The molecule has 25 heavy (non-hydrogen) atoms. The lowest BCUT2D eigenvalue weighted by molar-refractivity contribution is -1.01. The molecule has 0 spiro atoms. The maximum atomic E-state index is 12.1. The van der Waals surface area contributed by atoms with Crippen molar-refractivity contribution in [2.75, 3.05) is 14.1 Å². The van der Waals surface area contributed by atoms with Crippen LogP contribution in [0.25, 0.3) is 16.0 Å². The lowest BCUT2D eigenvalue weighted by Gasteiger charge is -2.15. The summed E-state index contributed by atoms with van der Waals surface area (Å²) >= 11 is 1.62. The van der Waals surface area contributed by atoms with E-state index in [1.165, 1.54) is 25.2 Å². The quantitative estimate of drug-likeness (QED) is 0.418. The van der Waals surface area contributed by atoms with Crippen molar-refractivity contribution in [2.45, 2.75) is 26.7 Å². The number of nitrogens with zero attached hydrogens (tertiary/aromatic N) is 2. The number of carbonyl (C=O) groups excluding carboxylic acids is 1. The average Bonchev–Trinajstić information content (AvgIpc) is 3.08. The normalized spacial score (nSPS) is 12.2. The molecule has 132 valence electrons. The molecule has 4 nitrogen and oxygen atoms in total. The zero-order valence-corrected chi connectivity index (χ0v) is 16.0. The van der Waals surface area contributed by atoms with Crippen LogP contribution < -0.4 is 0 Å². The minimum Gasteiger partial charge on any atom is -0.310 e. The van der Waals surface area contributed by atoms with Crippen molar-refractivity contribution < 1.29 is 14.6 Å². The molecule has 0 unspecified atom stereocenters. The van der Waals surface area contributed by atoms with Crippen molar-refractivity contribution >= 4 is 22.1 Å². The maximum absolute atomic E-state index is 12.1. The number of carbonyl (C=O) groups is 1. The number of likely N-dealkylation sites (N-methyl/N-ethyl adjacent to an activating group) is 1. The van der Waals surface area contributed by atoms with Crippen molar-refractivity contribution in [1.29, 1.82) is 0 Å². The van der Waals surface area contributed by atoms with Crippen LogP contribution in [0.5, 0.6) is 0 Å². The van der Waals surface area contributed by atoms with Gasteiger partial charge in [0.25, 0.3) is 0 Å². The summed E-state index contributed by atoms with van der Waals surface area (Å²) in [6, 6.07) is 10.8. The van der Waals surface area contributed by atoms with Crippen LogP contribution in [0.3, 0.4) is 0 Å². The third-order valence-electron chi connectivity index (χ3n) is 4.26. The van der Waals surface area contributed by atoms with Gasteiger partial charge in [0, 0.05) is 22.8 Å². The van der Waals surface area contributed by atoms with Crippen LogP contribution in [0.15, 0.2) is 41.9 Å². The highest BCUT2D eigenvalue weighted by Crippen LogP contribution is 2.28. The Hall–Kier alpha value is -1.95. The first kappa shape index (κ1) is 17.9. The Morgan fingerprint density at radius 1 is 1.24 bits per heavy atom. The van der Waals surface area contributed by atoms with Gasteiger partial charge in [-0.15, -0.1) is 16.0 Å². The summed E-state index contributed by atoms with van der Waals surface area (Å²) in [6.45, 7) is 4.46. The van der Waals surface area contributed by atoms with Gasteiger partial charge in [0.1, 0.15) is 20.5 Å². The SMILES string of the molecule is CC(C)Cc1cccc(-c2cc3scc(CC(=O)[N+](C)(C)O)n3c2)c1. The van der Waals surface area contributed by atoms with E-state index in [-0.39, 0.29) is 12.3 Å². The van der Waals surface area contributed by atoms with Crippen molar-refractivity contribution in [1.82, 2.24) is 4.40 Å². The number of thiazole rings is 1. The summed E-state index contributed by atoms with van der Waals surface area (Å²) in [5.74, 6) is 0.402. The highest BCUT2D eigenvalue weighted by molar-refractivity contribution is 7.15. The lowest BCUT2D eigenvalue weighted by Crippen LogP contribution is -2.43. The molecule has 0 aliphatic heterocycles. The number of amides is 1. The first-order chi connectivity index (χ1) is 11.7. The first-order valence-electron chi connectivity index (χ1n) is 8.52. The molecule has 2 aromatic heterocycles. The minimum atomic E-state index is -0.650. The molecule has 0 atom stereocenters. The Bertz CT molecular complexity index is 900. The first-order valence-corrected chi connectivity index (χ1v) is 9.40. The van der Waals surface area contributed by atoms with E-state index in [1.807, 2.05) is 5.38 Å². The van der Waals surface area contributed by atoms with Gasteiger partial charge >= 0.3 is 5.91 Å². The molecule has 0 bridgehead atoms. The van der Waals surface area contributed by atoms with Gasteiger partial charge < -0.3 is 4.40 Å². The summed E-state index contributed by atoms with van der Waals surface area (Å²) in [5.41, 5.74) is 4.61. The van der Waals surface area contributed by atoms with E-state index in [0.29, 0.717) is 5.92 Å². The van der Waals surface area contributed by atoms with E-state index in [9.17, 15) is 10.0 Å². The van der Waals surface area contributed by atoms with Crippen LogP contribution in [0.4, 0.5) is 0 Å². The van der Waals surface area contributed by atoms with Gasteiger partial charge in [0.05, 0.1) is 4.83 Å². The average molecular weight is 357 g/mol. The zero-order valence-electron chi connectivity index (χ0n) is 15.2. The predicted octanol–water partition coefficient (Wildman–Crippen LogP) is 4.40. The number of benzene rings is 1. The fourth-order valence-corrected chi connectivity index (χ4v) is 3.86. The monoisotopic (exact) mass is 357 g/mol. The minimum absolute atomic E-state index is 0.213. The Morgan fingerprint density at radius 2 is 2.00 bits per heavy atom. The number of hydrogen-bond donors (Lipinski definition) is 1. The number of aromatic nitrogens is 1. The van der Waals surface area contributed by atoms with Crippen LogP contribution in [0.2, 0.25) is 0 Å². The van der Waals surface area contributed by atoms with Gasteiger partial charge in [0.2, 0.25) is 0 Å². The summed E-state index contributed by atoms with van der Waals surface area (Å²) in [7, 11) is 2.96. The predicted molar refractivity (Wildman–Crippen MR) is 102 cm³/mol. The molecule has 0 aliphatic rings. The van der Waals surface area contributed by atoms with Crippen LogP contribution in [0.1, 0.15) is 25.1 Å². The number of hydrogen-bond acceptors (Lipinski definition) is 3. The summed E-state index contributed by atoms with van der Waals surface area (Å²) in [6.07, 6.45) is 3.37. The molecule has 0 saturated carbocycles. The Kier molecular flexibility index (Phi) is 4.82. The van der Waals surface area contributed by atoms with E-state index in [0.717, 1.165) is 22.5 Å². The molecule has 2 heterocycles. The molecule has 1 aromatic carbocycles. The van der Waals surface area contributed by atoms with E-state index < -0.39 is 4.65 Å². The number of quaternary nitrogens is 1. The molecular weight excluding hydrogens is 332 g/mol. The number of hydroxylamine groups is 3. The molecule has 3 aromatic rings. The standard InChI is InChI=1S/C20H25N2O2S/c1-14(2)8-15-6-5-7-16(9-15)17-10-19-21(12-17)18(13-25-19)11-20(23)22(3,4)24/h5-7,9-10,12-14,24H,8,11H2,1-4H3/q+1. The maximum Gasteiger partial charge on any atom is 0.351 e. The fourth-order valence-electron chi connectivity index (χ4n) is 2.93. The van der Waals surface area contributed by atoms with Crippen LogP contribution >= 0.6 is 11.3 Å². The molecule has 0 aliphatic carbocycles. The largest absolute Gasteiger partial charge is 0.351 e. The second kappa shape index (κ2) is 6.75. The molecule has 1 amide bonds. The zero-order chi connectivity index (χ0) is 18.2. The van der Waals surface area contributed by atoms with E-state index in [4.69, 9.17) is 0 Å². The Morgan fingerprint density at radius 3 is 2.68 bits per heavy atom. The van der Waals surface area contributed by atoms with Crippen LogP contribution in [-0.4, -0.2) is 34.3 Å². The smallest absolute Gasteiger partial charge is 0.310 e. The van der Waals surface area contributed by atoms with E-state index in [2.05, 4.69) is 54.8 Å². The Labute approximate surface area is 152 Å². The molecule has 5 heteroatoms. The lowest BCUT2D eigenvalue weighted by atomic mass is 9.99. The van der Waals surface area contributed by atoms with E-state index >= 15 is 0 Å². The molecule has 0 saturated heterocycles. The van der Waals surface area contributed by atoms with Crippen molar-refractivity contribution in [2.24, 2.45) is 5.92 Å².